The zero-order valence-corrected chi connectivity index (χ0v) is 10.5. The molecule has 0 aliphatic carbocycles. The molecule has 0 aromatic rings. The molecule has 0 saturated heterocycles. The van der Waals surface area contributed by atoms with Crippen LogP contribution < -0.4 is 0 Å². The number of hydrogen-bond donors (Lipinski definition) is 0. The minimum Gasteiger partial charge on any atom is 0 e. The molecule has 0 spiro atoms. The van der Waals surface area contributed by atoms with Gasteiger partial charge in [0.2, 0.25) is 0 Å². The average Bonchev–Trinajstić information content (AvgIpc) is 0.592. The fraction of sp³-hybridized carbons (Fsp3) is 0. The molecule has 0 aromatic heterocycles. The summed E-state index contributed by atoms with van der Waals surface area (Å²) < 4.78 is 46.2. The van der Waals surface area contributed by atoms with Gasteiger partial charge >= 0.3 is 43.4 Å². The van der Waals surface area contributed by atoms with Gasteiger partial charge in [-0.2, -0.15) is 0 Å². The Labute approximate surface area is 64.5 Å². The molecule has 0 amide bonds. The molecule has 8 heteroatoms. The quantitative estimate of drug-likeness (QED) is 0.415. The van der Waals surface area contributed by atoms with E-state index in [1.54, 1.807) is 0 Å². The molecular formula is IrO5TaTi. The van der Waals surface area contributed by atoms with Crippen LogP contribution in [0.15, 0.2) is 0 Å². The Hall–Kier alpha value is 1.10. The Morgan fingerprint density at radius 1 is 0.875 bits per heavy atom. The zero-order valence-electron chi connectivity index (χ0n) is 3.32. The van der Waals surface area contributed by atoms with E-state index in [0.717, 1.165) is 0 Å². The number of rotatable bonds is 0. The maximum Gasteiger partial charge on any atom is 0 e. The Morgan fingerprint density at radius 2 is 0.875 bits per heavy atom. The van der Waals surface area contributed by atoms with E-state index in [9.17, 15) is 16.3 Å². The predicted molar refractivity (Wildman–Crippen MR) is 3.43 cm³/mol. The molecule has 0 aromatic carbocycles. The van der Waals surface area contributed by atoms with Gasteiger partial charge in [-0.25, -0.2) is 0 Å². The molecule has 0 rings (SSSR count). The number of hydrogen-bond acceptors (Lipinski definition) is 5. The Kier molecular flexibility index (Phi) is 2.34. The summed E-state index contributed by atoms with van der Waals surface area (Å²) in [5.74, 6) is 0. The van der Waals surface area contributed by atoms with Crippen LogP contribution in [-0.4, -0.2) is 0 Å². The summed E-state index contributed by atoms with van der Waals surface area (Å²) in [5, 5.41) is 0. The fourth-order valence-corrected chi connectivity index (χ4v) is 0. The normalized spacial score (nSPS) is 10.8. The summed E-state index contributed by atoms with van der Waals surface area (Å²) in [7, 11) is 0. The maximum absolute atomic E-state index is 9.24. The third kappa shape index (κ3) is 217. The summed E-state index contributed by atoms with van der Waals surface area (Å²) in [6, 6.07) is 0. The van der Waals surface area contributed by atoms with Crippen molar-refractivity contribution in [2.24, 2.45) is 0 Å². The van der Waals surface area contributed by atoms with Gasteiger partial charge in [0.1, 0.15) is 0 Å². The first kappa shape index (κ1) is 11.8. The maximum atomic E-state index is 9.24. The largest absolute Gasteiger partial charge is 0 e. The van der Waals surface area contributed by atoms with Gasteiger partial charge in [-0.05, 0) is 0 Å². The third-order valence-electron chi connectivity index (χ3n) is 0. The van der Waals surface area contributed by atoms with Crippen molar-refractivity contribution in [1.82, 2.24) is 0 Å². The second kappa shape index (κ2) is 1.58. The van der Waals surface area contributed by atoms with Crippen molar-refractivity contribution in [3.63, 3.8) is 0 Å². The van der Waals surface area contributed by atoms with E-state index in [4.69, 9.17) is 0 Å². The second-order valence-corrected chi connectivity index (χ2v) is 26.5. The van der Waals surface area contributed by atoms with Crippen molar-refractivity contribution in [3.8, 4) is 0 Å². The van der Waals surface area contributed by atoms with Crippen molar-refractivity contribution in [2.75, 3.05) is 0 Å². The van der Waals surface area contributed by atoms with Crippen LogP contribution in [0.1, 0.15) is 0 Å². The van der Waals surface area contributed by atoms with E-state index in [0.29, 0.717) is 0 Å². The van der Waals surface area contributed by atoms with E-state index in [1.165, 1.54) is 0 Å². The van der Waals surface area contributed by atoms with Crippen LogP contribution in [0.4, 0.5) is 0 Å². The molecule has 0 saturated carbocycles. The van der Waals surface area contributed by atoms with Crippen LogP contribution in [0, 0.1) is 0 Å². The van der Waals surface area contributed by atoms with Gasteiger partial charge in [-0.15, -0.1) is 0 Å². The average molecular weight is 501 g/mol. The van der Waals surface area contributed by atoms with E-state index < -0.39 is 11.5 Å². The molecule has 0 bridgehead atoms. The second-order valence-electron chi connectivity index (χ2n) is 1.05. The Morgan fingerprint density at radius 3 is 0.875 bits per heavy atom. The van der Waals surface area contributed by atoms with Crippen LogP contribution in [-0.2, 0) is 65.2 Å². The summed E-state index contributed by atoms with van der Waals surface area (Å²) in [5.41, 5.74) is 0. The van der Waals surface area contributed by atoms with Crippen molar-refractivity contribution in [3.05, 3.63) is 0 Å². The molecule has 5 nitrogen and oxygen atoms in total. The first-order valence-electron chi connectivity index (χ1n) is 1.06. The van der Waals surface area contributed by atoms with Gasteiger partial charge < -0.3 is 0 Å². The van der Waals surface area contributed by atoms with Gasteiger partial charge in [0.15, 0.2) is 0 Å². The van der Waals surface area contributed by atoms with Gasteiger partial charge in [-0.1, -0.05) is 0 Å². The molecule has 48 valence electrons. The first-order valence-corrected chi connectivity index (χ1v) is 17.5. The summed E-state index contributed by atoms with van der Waals surface area (Å²) in [6.45, 7) is 0. The summed E-state index contributed by atoms with van der Waals surface area (Å²) >= 11 is -8.94. The van der Waals surface area contributed by atoms with Gasteiger partial charge in [0.05, 0.1) is 0 Å². The topological polar surface area (TPSA) is 85.3 Å². The van der Waals surface area contributed by atoms with Gasteiger partial charge in [-0.3, -0.25) is 0 Å². The molecule has 0 unspecified atom stereocenters. The van der Waals surface area contributed by atoms with Crippen molar-refractivity contribution >= 4 is 0 Å². The van der Waals surface area contributed by atoms with Gasteiger partial charge in [0.25, 0.3) is 0 Å². The minimum absolute atomic E-state index is 0. The van der Waals surface area contributed by atoms with E-state index in [-0.39, 0.29) is 37.4 Å². The Balaban J connectivity index is 0. The standard InChI is InChI=1S/Ir.5O.Ta.Ti. The molecule has 0 radical (unpaired) electrons. The molecule has 0 aliphatic heterocycles. The van der Waals surface area contributed by atoms with E-state index >= 15 is 0 Å². The van der Waals surface area contributed by atoms with Crippen LogP contribution in [0.3, 0.4) is 0 Å². The molecule has 0 fully saturated rings. The van der Waals surface area contributed by atoms with Crippen molar-refractivity contribution < 1.29 is 65.2 Å². The Bertz CT molecular complexity index is 391. The summed E-state index contributed by atoms with van der Waals surface area (Å²) in [6.07, 6.45) is 0. The molecule has 0 aliphatic rings. The van der Waals surface area contributed by atoms with Crippen molar-refractivity contribution in [1.29, 1.82) is 0 Å². The van der Waals surface area contributed by atoms with Crippen LogP contribution in [0.25, 0.3) is 0 Å². The van der Waals surface area contributed by atoms with Gasteiger partial charge in [0, 0.05) is 21.7 Å². The molecule has 8 heavy (non-hydrogen) atoms. The summed E-state index contributed by atoms with van der Waals surface area (Å²) in [4.78, 5) is 0. The predicted octanol–water partition coefficient (Wildman–Crippen LogP) is -0.601. The third-order valence-corrected chi connectivity index (χ3v) is 0. The minimum atomic E-state index is -8.60. The monoisotopic (exact) mass is 502 g/mol. The molecule has 0 heterocycles. The molecular weight excluding hydrogens is 501 g/mol. The SMILES string of the molecule is [O]=[Ta](=[O])(=[O])(=[O])(=[O])[Ir].[Ti]. The smallest absolute Gasteiger partial charge is 0 e. The molecule has 0 N–H and O–H groups in total. The fourth-order valence-electron chi connectivity index (χ4n) is 0. The van der Waals surface area contributed by atoms with E-state index in [2.05, 4.69) is 0 Å². The van der Waals surface area contributed by atoms with Crippen LogP contribution in [0.2, 0.25) is 0 Å². The van der Waals surface area contributed by atoms with E-state index in [1.807, 2.05) is 0 Å². The van der Waals surface area contributed by atoms with Crippen molar-refractivity contribution in [2.45, 2.75) is 0 Å². The first-order chi connectivity index (χ1) is 2.45. The van der Waals surface area contributed by atoms with Crippen LogP contribution >= 0.6 is 0 Å². The van der Waals surface area contributed by atoms with Crippen LogP contribution in [0.5, 0.6) is 0 Å². The molecule has 0 atom stereocenters. The zero-order chi connectivity index (χ0) is 6.41.